The molecule has 0 aliphatic rings. The molecule has 1 aromatic carbocycles. The number of benzene rings is 1. The van der Waals surface area contributed by atoms with Crippen LogP contribution in [0.4, 0.5) is 5.69 Å². The first-order valence-corrected chi connectivity index (χ1v) is 5.04. The maximum atomic E-state index is 11.9. The molecule has 0 aliphatic heterocycles. The Kier molecular flexibility index (Phi) is 4.31. The Morgan fingerprint density at radius 2 is 2.13 bits per heavy atom. The molecule has 0 aromatic heterocycles. The first-order chi connectivity index (χ1) is 7.16. The van der Waals surface area contributed by atoms with Crippen molar-refractivity contribution >= 4 is 11.5 Å². The van der Waals surface area contributed by atoms with Gasteiger partial charge in [0.25, 0.3) is 0 Å². The summed E-state index contributed by atoms with van der Waals surface area (Å²) in [5, 5.41) is 0. The Hall–Kier alpha value is -1.35. The summed E-state index contributed by atoms with van der Waals surface area (Å²) in [6.07, 6.45) is 0.726. The van der Waals surface area contributed by atoms with E-state index in [1.807, 2.05) is 19.1 Å². The zero-order valence-corrected chi connectivity index (χ0v) is 9.19. The average molecular weight is 207 g/mol. The molecule has 0 heterocycles. The number of ketones is 1. The number of nitrogens with two attached hydrogens (primary N) is 1. The summed E-state index contributed by atoms with van der Waals surface area (Å²) in [6.45, 7) is 2.49. The van der Waals surface area contributed by atoms with Crippen molar-refractivity contribution in [1.82, 2.24) is 0 Å². The molecule has 0 bridgehead atoms. The van der Waals surface area contributed by atoms with E-state index in [0.717, 1.165) is 6.42 Å². The monoisotopic (exact) mass is 207 g/mol. The molecule has 1 rings (SSSR count). The van der Waals surface area contributed by atoms with Crippen molar-refractivity contribution in [3.05, 3.63) is 29.8 Å². The topological polar surface area (TPSA) is 52.3 Å². The molecule has 3 heteroatoms. The zero-order valence-electron chi connectivity index (χ0n) is 9.19. The molecule has 1 aromatic rings. The molecular weight excluding hydrogens is 190 g/mol. The van der Waals surface area contributed by atoms with Crippen molar-refractivity contribution in [1.29, 1.82) is 0 Å². The summed E-state index contributed by atoms with van der Waals surface area (Å²) >= 11 is 0. The molecule has 0 radical (unpaired) electrons. The molecule has 82 valence electrons. The smallest absolute Gasteiger partial charge is 0.167 e. The fourth-order valence-electron chi connectivity index (χ4n) is 1.41. The van der Waals surface area contributed by atoms with Gasteiger partial charge in [0.2, 0.25) is 0 Å². The minimum absolute atomic E-state index is 0.0466. The molecule has 15 heavy (non-hydrogen) atoms. The van der Waals surface area contributed by atoms with Crippen molar-refractivity contribution in [2.45, 2.75) is 13.3 Å². The van der Waals surface area contributed by atoms with E-state index in [1.54, 1.807) is 19.2 Å². The maximum Gasteiger partial charge on any atom is 0.167 e. The molecule has 0 fully saturated rings. The van der Waals surface area contributed by atoms with Crippen LogP contribution in [0.2, 0.25) is 0 Å². The van der Waals surface area contributed by atoms with E-state index in [9.17, 15) is 4.79 Å². The number of nitrogen functional groups attached to an aromatic ring is 1. The highest BCUT2D eigenvalue weighted by atomic mass is 16.5. The lowest BCUT2D eigenvalue weighted by Gasteiger charge is -2.11. The minimum Gasteiger partial charge on any atom is -0.398 e. The van der Waals surface area contributed by atoms with Gasteiger partial charge in [-0.05, 0) is 18.6 Å². The predicted octanol–water partition coefficient (Wildman–Crippen LogP) is 2.12. The molecule has 0 spiro atoms. The standard InChI is InChI=1S/C12H17NO2/c1-9(7-8-15-2)12(14)10-5-3-4-6-11(10)13/h3-6,9H,7-8,13H2,1-2H3. The number of para-hydroxylation sites is 1. The third-order valence-electron chi connectivity index (χ3n) is 2.43. The quantitative estimate of drug-likeness (QED) is 0.594. The first kappa shape index (κ1) is 11.7. The highest BCUT2D eigenvalue weighted by Gasteiger charge is 2.16. The van der Waals surface area contributed by atoms with Crippen molar-refractivity contribution in [3.8, 4) is 0 Å². The van der Waals surface area contributed by atoms with Crippen LogP contribution in [0.1, 0.15) is 23.7 Å². The number of hydrogen-bond acceptors (Lipinski definition) is 3. The van der Waals surface area contributed by atoms with E-state index >= 15 is 0 Å². The number of anilines is 1. The van der Waals surface area contributed by atoms with Crippen molar-refractivity contribution in [2.24, 2.45) is 5.92 Å². The molecule has 0 amide bonds. The lowest BCUT2D eigenvalue weighted by atomic mass is 9.96. The van der Waals surface area contributed by atoms with E-state index in [4.69, 9.17) is 10.5 Å². The van der Waals surface area contributed by atoms with Crippen LogP contribution in [0.5, 0.6) is 0 Å². The van der Waals surface area contributed by atoms with Crippen LogP contribution in [0.3, 0.4) is 0 Å². The van der Waals surface area contributed by atoms with Gasteiger partial charge in [0, 0.05) is 30.9 Å². The molecule has 1 unspecified atom stereocenters. The van der Waals surface area contributed by atoms with Crippen LogP contribution in [0, 0.1) is 5.92 Å². The summed E-state index contributed by atoms with van der Waals surface area (Å²) < 4.78 is 4.95. The van der Waals surface area contributed by atoms with E-state index in [0.29, 0.717) is 17.9 Å². The SMILES string of the molecule is COCCC(C)C(=O)c1ccccc1N. The summed E-state index contributed by atoms with van der Waals surface area (Å²) in [5.74, 6) is 0.0415. The summed E-state index contributed by atoms with van der Waals surface area (Å²) in [7, 11) is 1.63. The third kappa shape index (κ3) is 3.06. The Morgan fingerprint density at radius 3 is 2.73 bits per heavy atom. The molecule has 2 N–H and O–H groups in total. The van der Waals surface area contributed by atoms with Gasteiger partial charge in [-0.3, -0.25) is 4.79 Å². The van der Waals surface area contributed by atoms with Gasteiger partial charge in [-0.25, -0.2) is 0 Å². The fraction of sp³-hybridized carbons (Fsp3) is 0.417. The zero-order chi connectivity index (χ0) is 11.3. The maximum absolute atomic E-state index is 11.9. The van der Waals surface area contributed by atoms with Gasteiger partial charge in [0.15, 0.2) is 5.78 Å². The van der Waals surface area contributed by atoms with Gasteiger partial charge in [0.1, 0.15) is 0 Å². The van der Waals surface area contributed by atoms with Crippen LogP contribution < -0.4 is 5.73 Å². The van der Waals surface area contributed by atoms with Gasteiger partial charge < -0.3 is 10.5 Å². The Morgan fingerprint density at radius 1 is 1.47 bits per heavy atom. The summed E-state index contributed by atoms with van der Waals surface area (Å²) in [4.78, 5) is 11.9. The van der Waals surface area contributed by atoms with E-state index < -0.39 is 0 Å². The van der Waals surface area contributed by atoms with E-state index in [2.05, 4.69) is 0 Å². The van der Waals surface area contributed by atoms with Gasteiger partial charge >= 0.3 is 0 Å². The second-order valence-corrected chi connectivity index (χ2v) is 3.63. The molecular formula is C12H17NO2. The number of Topliss-reactive ketones (excluding diaryl/α,β-unsaturated/α-hetero) is 1. The summed E-state index contributed by atoms with van der Waals surface area (Å²) in [6, 6.07) is 7.16. The second kappa shape index (κ2) is 5.51. The van der Waals surface area contributed by atoms with Gasteiger partial charge in [0.05, 0.1) is 0 Å². The Balaban J connectivity index is 2.72. The number of hydrogen-bond donors (Lipinski definition) is 1. The minimum atomic E-state index is -0.0466. The van der Waals surface area contributed by atoms with Crippen LogP contribution in [0.15, 0.2) is 24.3 Å². The first-order valence-electron chi connectivity index (χ1n) is 5.04. The Bertz CT molecular complexity index is 336. The lowest BCUT2D eigenvalue weighted by molar-refractivity contribution is 0.0894. The summed E-state index contributed by atoms with van der Waals surface area (Å²) in [5.41, 5.74) is 6.90. The van der Waals surface area contributed by atoms with Crippen molar-refractivity contribution in [2.75, 3.05) is 19.5 Å². The van der Waals surface area contributed by atoms with E-state index in [-0.39, 0.29) is 11.7 Å². The predicted molar refractivity (Wildman–Crippen MR) is 60.8 cm³/mol. The van der Waals surface area contributed by atoms with E-state index in [1.165, 1.54) is 0 Å². The molecule has 3 nitrogen and oxygen atoms in total. The van der Waals surface area contributed by atoms with Crippen LogP contribution in [-0.2, 0) is 4.74 Å². The second-order valence-electron chi connectivity index (χ2n) is 3.63. The number of carbonyl (C=O) groups excluding carboxylic acids is 1. The molecule has 0 saturated carbocycles. The normalized spacial score (nSPS) is 12.4. The number of ether oxygens (including phenoxy) is 1. The largest absolute Gasteiger partial charge is 0.398 e. The fourth-order valence-corrected chi connectivity index (χ4v) is 1.41. The molecule has 0 aliphatic carbocycles. The van der Waals surface area contributed by atoms with Crippen LogP contribution in [-0.4, -0.2) is 19.5 Å². The number of methoxy groups -OCH3 is 1. The highest BCUT2D eigenvalue weighted by molar-refractivity contribution is 6.01. The Labute approximate surface area is 90.2 Å². The molecule has 1 atom stereocenters. The lowest BCUT2D eigenvalue weighted by Crippen LogP contribution is -2.15. The van der Waals surface area contributed by atoms with Gasteiger partial charge in [-0.15, -0.1) is 0 Å². The number of carbonyl (C=O) groups is 1. The van der Waals surface area contributed by atoms with Crippen LogP contribution in [0.25, 0.3) is 0 Å². The van der Waals surface area contributed by atoms with Crippen molar-refractivity contribution in [3.63, 3.8) is 0 Å². The van der Waals surface area contributed by atoms with Crippen LogP contribution >= 0.6 is 0 Å². The van der Waals surface area contributed by atoms with Gasteiger partial charge in [-0.1, -0.05) is 19.1 Å². The average Bonchev–Trinajstić information content (AvgIpc) is 2.25. The van der Waals surface area contributed by atoms with Gasteiger partial charge in [-0.2, -0.15) is 0 Å². The number of rotatable bonds is 5. The third-order valence-corrected chi connectivity index (χ3v) is 2.43. The highest BCUT2D eigenvalue weighted by Crippen LogP contribution is 2.17. The van der Waals surface area contributed by atoms with Crippen molar-refractivity contribution < 1.29 is 9.53 Å². The molecule has 0 saturated heterocycles.